The van der Waals surface area contributed by atoms with E-state index in [-0.39, 0.29) is 11.9 Å². The number of rotatable bonds is 3. The molecule has 1 fully saturated rings. The van der Waals surface area contributed by atoms with Crippen LogP contribution in [0.4, 0.5) is 0 Å². The quantitative estimate of drug-likeness (QED) is 0.866. The molecule has 1 atom stereocenters. The van der Waals surface area contributed by atoms with Crippen molar-refractivity contribution in [3.05, 3.63) is 41.8 Å². The molecule has 6 nitrogen and oxygen atoms in total. The van der Waals surface area contributed by atoms with Crippen molar-refractivity contribution < 1.29 is 9.32 Å². The second-order valence-corrected chi connectivity index (χ2v) is 5.15. The van der Waals surface area contributed by atoms with Gasteiger partial charge in [0.1, 0.15) is 6.04 Å². The van der Waals surface area contributed by atoms with Gasteiger partial charge in [-0.25, -0.2) is 0 Å². The Bertz CT molecular complexity index is 611. The number of pyridine rings is 1. The first kappa shape index (κ1) is 13.7. The summed E-state index contributed by atoms with van der Waals surface area (Å²) in [6, 6.07) is 3.35. The van der Waals surface area contributed by atoms with E-state index in [1.807, 2.05) is 11.8 Å². The highest BCUT2D eigenvalue weighted by molar-refractivity contribution is 5.94. The Morgan fingerprint density at radius 3 is 2.90 bits per heavy atom. The van der Waals surface area contributed by atoms with Crippen molar-refractivity contribution in [2.45, 2.75) is 38.6 Å². The first-order chi connectivity index (χ1) is 10.3. The van der Waals surface area contributed by atoms with Gasteiger partial charge in [0.05, 0.1) is 0 Å². The van der Waals surface area contributed by atoms with E-state index in [1.54, 1.807) is 24.5 Å². The van der Waals surface area contributed by atoms with Crippen LogP contribution in [0.25, 0.3) is 0 Å². The molecule has 1 aliphatic rings. The van der Waals surface area contributed by atoms with Crippen molar-refractivity contribution in [1.82, 2.24) is 20.0 Å². The number of aryl methyl sites for hydroxylation is 1. The first-order valence-electron chi connectivity index (χ1n) is 7.33. The van der Waals surface area contributed by atoms with Gasteiger partial charge in [0, 0.05) is 30.9 Å². The first-order valence-corrected chi connectivity index (χ1v) is 7.33. The van der Waals surface area contributed by atoms with Gasteiger partial charge in [-0.3, -0.25) is 9.78 Å². The van der Waals surface area contributed by atoms with Crippen LogP contribution in [0.3, 0.4) is 0 Å². The summed E-state index contributed by atoms with van der Waals surface area (Å²) in [6.07, 6.45) is 6.93. The van der Waals surface area contributed by atoms with Gasteiger partial charge in [-0.05, 0) is 31.4 Å². The van der Waals surface area contributed by atoms with E-state index >= 15 is 0 Å². The van der Waals surface area contributed by atoms with E-state index in [2.05, 4.69) is 15.1 Å². The average Bonchev–Trinajstić information content (AvgIpc) is 3.04. The van der Waals surface area contributed by atoms with Crippen LogP contribution in [-0.2, 0) is 6.42 Å². The van der Waals surface area contributed by atoms with Gasteiger partial charge in [-0.15, -0.1) is 0 Å². The fourth-order valence-corrected chi connectivity index (χ4v) is 2.64. The number of nitrogens with zero attached hydrogens (tertiary/aromatic N) is 4. The highest BCUT2D eigenvalue weighted by atomic mass is 16.5. The van der Waals surface area contributed by atoms with Crippen LogP contribution >= 0.6 is 0 Å². The Morgan fingerprint density at radius 1 is 1.38 bits per heavy atom. The molecule has 0 spiro atoms. The maximum atomic E-state index is 12.7. The molecule has 0 radical (unpaired) electrons. The van der Waals surface area contributed by atoms with Crippen LogP contribution < -0.4 is 0 Å². The average molecular weight is 286 g/mol. The minimum atomic E-state index is -0.118. The van der Waals surface area contributed by atoms with Crippen molar-refractivity contribution in [3.63, 3.8) is 0 Å². The lowest BCUT2D eigenvalue weighted by molar-refractivity contribution is 0.0561. The van der Waals surface area contributed by atoms with Gasteiger partial charge in [0.2, 0.25) is 5.89 Å². The Labute approximate surface area is 123 Å². The topological polar surface area (TPSA) is 72.1 Å². The van der Waals surface area contributed by atoms with Crippen LogP contribution in [0, 0.1) is 0 Å². The molecule has 0 saturated carbocycles. The fourth-order valence-electron chi connectivity index (χ4n) is 2.64. The summed E-state index contributed by atoms with van der Waals surface area (Å²) in [4.78, 5) is 22.9. The Kier molecular flexibility index (Phi) is 3.94. The van der Waals surface area contributed by atoms with Crippen molar-refractivity contribution in [1.29, 1.82) is 0 Å². The SMILES string of the molecule is CCc1noc(C2CCCCN2C(=O)c2ccncc2)n1. The monoisotopic (exact) mass is 286 g/mol. The number of piperidine rings is 1. The van der Waals surface area contributed by atoms with Crippen LogP contribution in [0.2, 0.25) is 0 Å². The third-order valence-corrected chi connectivity index (χ3v) is 3.78. The molecule has 1 unspecified atom stereocenters. The van der Waals surface area contributed by atoms with E-state index in [0.29, 0.717) is 17.3 Å². The number of hydrogen-bond acceptors (Lipinski definition) is 5. The van der Waals surface area contributed by atoms with E-state index < -0.39 is 0 Å². The summed E-state index contributed by atoms with van der Waals surface area (Å²) in [5, 5.41) is 3.94. The molecule has 0 N–H and O–H groups in total. The molecule has 1 amide bonds. The highest BCUT2D eigenvalue weighted by Gasteiger charge is 2.32. The number of carbonyl (C=O) groups is 1. The maximum Gasteiger partial charge on any atom is 0.254 e. The molecule has 0 aliphatic carbocycles. The summed E-state index contributed by atoms with van der Waals surface area (Å²) < 4.78 is 5.34. The van der Waals surface area contributed by atoms with Crippen molar-refractivity contribution in [2.75, 3.05) is 6.54 Å². The lowest BCUT2D eigenvalue weighted by Crippen LogP contribution is -2.38. The van der Waals surface area contributed by atoms with Gasteiger partial charge in [0.25, 0.3) is 5.91 Å². The van der Waals surface area contributed by atoms with E-state index in [0.717, 1.165) is 32.2 Å². The lowest BCUT2D eigenvalue weighted by atomic mass is 10.0. The van der Waals surface area contributed by atoms with Gasteiger partial charge < -0.3 is 9.42 Å². The van der Waals surface area contributed by atoms with Crippen molar-refractivity contribution in [3.8, 4) is 0 Å². The van der Waals surface area contributed by atoms with E-state index in [1.165, 1.54) is 0 Å². The number of carbonyl (C=O) groups excluding carboxylic acids is 1. The molecule has 21 heavy (non-hydrogen) atoms. The van der Waals surface area contributed by atoms with E-state index in [9.17, 15) is 4.79 Å². The molecule has 110 valence electrons. The highest BCUT2D eigenvalue weighted by Crippen LogP contribution is 2.31. The van der Waals surface area contributed by atoms with Gasteiger partial charge >= 0.3 is 0 Å². The Morgan fingerprint density at radius 2 is 2.19 bits per heavy atom. The standard InChI is InChI=1S/C15H18N4O2/c1-2-13-17-14(21-18-13)12-5-3-4-10-19(12)15(20)11-6-8-16-9-7-11/h6-9,12H,2-5,10H2,1H3. The van der Waals surface area contributed by atoms with Crippen LogP contribution in [0.5, 0.6) is 0 Å². The molecule has 0 bridgehead atoms. The minimum Gasteiger partial charge on any atom is -0.337 e. The van der Waals surface area contributed by atoms with E-state index in [4.69, 9.17) is 4.52 Å². The number of amides is 1. The van der Waals surface area contributed by atoms with Crippen LogP contribution in [0.1, 0.15) is 54.3 Å². The number of aromatic nitrogens is 3. The molecular formula is C15H18N4O2. The predicted octanol–water partition coefficient (Wildman–Crippen LogP) is 2.39. The van der Waals surface area contributed by atoms with Crippen molar-refractivity contribution in [2.24, 2.45) is 0 Å². The Hall–Kier alpha value is -2.24. The molecule has 1 aliphatic heterocycles. The predicted molar refractivity (Wildman–Crippen MR) is 75.5 cm³/mol. The summed E-state index contributed by atoms with van der Waals surface area (Å²) in [6.45, 7) is 2.70. The Balaban J connectivity index is 1.86. The molecule has 2 aromatic heterocycles. The molecule has 3 rings (SSSR count). The lowest BCUT2D eigenvalue weighted by Gasteiger charge is -2.33. The van der Waals surface area contributed by atoms with Gasteiger partial charge in [-0.1, -0.05) is 12.1 Å². The molecule has 0 aromatic carbocycles. The fraction of sp³-hybridized carbons (Fsp3) is 0.467. The summed E-state index contributed by atoms with van der Waals surface area (Å²) in [7, 11) is 0. The molecular weight excluding hydrogens is 268 g/mol. The second kappa shape index (κ2) is 6.03. The molecule has 1 saturated heterocycles. The number of likely N-dealkylation sites (tertiary alicyclic amines) is 1. The van der Waals surface area contributed by atoms with Crippen molar-refractivity contribution >= 4 is 5.91 Å². The molecule has 6 heteroatoms. The third-order valence-electron chi connectivity index (χ3n) is 3.78. The second-order valence-electron chi connectivity index (χ2n) is 5.15. The largest absolute Gasteiger partial charge is 0.337 e. The zero-order chi connectivity index (χ0) is 14.7. The van der Waals surface area contributed by atoms with Gasteiger partial charge in [0.15, 0.2) is 5.82 Å². The summed E-state index contributed by atoms with van der Waals surface area (Å²) in [5.74, 6) is 1.24. The number of hydrogen-bond donors (Lipinski definition) is 0. The molecule has 3 heterocycles. The van der Waals surface area contributed by atoms with Crippen LogP contribution in [-0.4, -0.2) is 32.5 Å². The normalized spacial score (nSPS) is 18.7. The zero-order valence-corrected chi connectivity index (χ0v) is 12.0. The third kappa shape index (κ3) is 2.79. The zero-order valence-electron chi connectivity index (χ0n) is 12.0. The minimum absolute atomic E-state index is 0.00153. The van der Waals surface area contributed by atoms with Gasteiger partial charge in [-0.2, -0.15) is 4.98 Å². The summed E-state index contributed by atoms with van der Waals surface area (Å²) in [5.41, 5.74) is 0.645. The van der Waals surface area contributed by atoms with Crippen LogP contribution in [0.15, 0.2) is 29.0 Å². The molecule has 2 aromatic rings. The summed E-state index contributed by atoms with van der Waals surface area (Å²) >= 11 is 0. The maximum absolute atomic E-state index is 12.7. The smallest absolute Gasteiger partial charge is 0.254 e.